The number of hydrogen-bond acceptors (Lipinski definition) is 4. The molecule has 0 heterocycles. The van der Waals surface area contributed by atoms with Gasteiger partial charge in [0.25, 0.3) is 5.91 Å². The molecule has 0 aliphatic rings. The highest BCUT2D eigenvalue weighted by atomic mass is 32.1. The van der Waals surface area contributed by atoms with Crippen molar-refractivity contribution < 1.29 is 14.3 Å². The molecule has 0 aliphatic carbocycles. The van der Waals surface area contributed by atoms with E-state index >= 15 is 0 Å². The first-order valence-electron chi connectivity index (χ1n) is 9.10. The zero-order chi connectivity index (χ0) is 19.6. The average molecular weight is 387 g/mol. The van der Waals surface area contributed by atoms with Crippen LogP contribution in [0.25, 0.3) is 0 Å². The van der Waals surface area contributed by atoms with Crippen molar-refractivity contribution in [2.45, 2.75) is 39.7 Å². The van der Waals surface area contributed by atoms with Crippen LogP contribution in [-0.2, 0) is 0 Å². The second-order valence-corrected chi connectivity index (χ2v) is 6.74. The van der Waals surface area contributed by atoms with E-state index in [-0.39, 0.29) is 17.1 Å². The van der Waals surface area contributed by atoms with Crippen molar-refractivity contribution in [2.24, 2.45) is 0 Å². The molecule has 0 fully saturated rings. The second-order valence-electron chi connectivity index (χ2n) is 6.33. The van der Waals surface area contributed by atoms with E-state index in [9.17, 15) is 4.79 Å². The zero-order valence-electron chi connectivity index (χ0n) is 16.0. The minimum atomic E-state index is -0.291. The molecule has 5 nitrogen and oxygen atoms in total. The van der Waals surface area contributed by atoms with E-state index in [4.69, 9.17) is 21.7 Å². The van der Waals surface area contributed by atoms with E-state index in [1.54, 1.807) is 18.2 Å². The van der Waals surface area contributed by atoms with E-state index in [0.29, 0.717) is 17.9 Å². The van der Waals surface area contributed by atoms with Gasteiger partial charge in [0.1, 0.15) is 11.5 Å². The quantitative estimate of drug-likeness (QED) is 0.505. The van der Waals surface area contributed by atoms with Crippen LogP contribution in [0.2, 0.25) is 0 Å². The van der Waals surface area contributed by atoms with Crippen molar-refractivity contribution in [3.05, 3.63) is 54.1 Å². The lowest BCUT2D eigenvalue weighted by Crippen LogP contribution is -2.34. The topological polar surface area (TPSA) is 59.6 Å². The lowest BCUT2D eigenvalue weighted by atomic mass is 10.2. The van der Waals surface area contributed by atoms with Gasteiger partial charge in [-0.3, -0.25) is 10.1 Å². The van der Waals surface area contributed by atoms with Crippen LogP contribution in [0.3, 0.4) is 0 Å². The average Bonchev–Trinajstić information content (AvgIpc) is 2.63. The molecule has 0 bridgehead atoms. The van der Waals surface area contributed by atoms with Gasteiger partial charge in [-0.2, -0.15) is 0 Å². The lowest BCUT2D eigenvalue weighted by Gasteiger charge is -2.12. The van der Waals surface area contributed by atoms with Crippen molar-refractivity contribution in [3.8, 4) is 11.5 Å². The number of rotatable bonds is 8. The van der Waals surface area contributed by atoms with Crippen LogP contribution in [0.5, 0.6) is 11.5 Å². The molecule has 0 saturated carbocycles. The van der Waals surface area contributed by atoms with Gasteiger partial charge in [0.05, 0.1) is 12.7 Å². The monoisotopic (exact) mass is 386 g/mol. The summed E-state index contributed by atoms with van der Waals surface area (Å²) in [5.74, 6) is 1.17. The van der Waals surface area contributed by atoms with E-state index in [1.807, 2.05) is 44.2 Å². The Kier molecular flexibility index (Phi) is 8.07. The highest BCUT2D eigenvalue weighted by Crippen LogP contribution is 2.17. The molecule has 0 aliphatic heterocycles. The van der Waals surface area contributed by atoms with Gasteiger partial charge < -0.3 is 14.8 Å². The number of carbonyl (C=O) groups is 1. The van der Waals surface area contributed by atoms with Gasteiger partial charge in [-0.05, 0) is 75.0 Å². The van der Waals surface area contributed by atoms with Crippen LogP contribution < -0.4 is 20.1 Å². The maximum Gasteiger partial charge on any atom is 0.257 e. The second kappa shape index (κ2) is 10.5. The number of amides is 1. The van der Waals surface area contributed by atoms with Crippen molar-refractivity contribution in [1.29, 1.82) is 0 Å². The first-order valence-corrected chi connectivity index (χ1v) is 9.50. The maximum absolute atomic E-state index is 12.4. The summed E-state index contributed by atoms with van der Waals surface area (Å²) in [6, 6.07) is 14.5. The Morgan fingerprint density at radius 3 is 2.52 bits per heavy atom. The van der Waals surface area contributed by atoms with Crippen LogP contribution in [-0.4, -0.2) is 23.7 Å². The third-order valence-electron chi connectivity index (χ3n) is 3.57. The van der Waals surface area contributed by atoms with Crippen molar-refractivity contribution >= 4 is 28.9 Å². The zero-order valence-corrected chi connectivity index (χ0v) is 16.8. The fraction of sp³-hybridized carbons (Fsp3) is 0.333. The van der Waals surface area contributed by atoms with E-state index in [1.165, 1.54) is 0 Å². The largest absolute Gasteiger partial charge is 0.494 e. The molecule has 0 spiro atoms. The fourth-order valence-electron chi connectivity index (χ4n) is 2.29. The summed E-state index contributed by atoms with van der Waals surface area (Å²) in [6.07, 6.45) is 2.17. The molecule has 0 aromatic heterocycles. The summed E-state index contributed by atoms with van der Waals surface area (Å²) in [6.45, 7) is 6.70. The molecule has 0 saturated heterocycles. The van der Waals surface area contributed by atoms with Gasteiger partial charge in [-0.15, -0.1) is 0 Å². The van der Waals surface area contributed by atoms with Crippen molar-refractivity contribution in [1.82, 2.24) is 5.32 Å². The molecule has 1 amide bonds. The molecule has 2 rings (SSSR count). The minimum Gasteiger partial charge on any atom is -0.494 e. The van der Waals surface area contributed by atoms with Gasteiger partial charge in [-0.25, -0.2) is 0 Å². The highest BCUT2D eigenvalue weighted by Gasteiger charge is 2.10. The molecule has 0 unspecified atom stereocenters. The van der Waals surface area contributed by atoms with Crippen LogP contribution >= 0.6 is 12.2 Å². The van der Waals surface area contributed by atoms with Gasteiger partial charge in [-0.1, -0.05) is 19.4 Å². The van der Waals surface area contributed by atoms with Gasteiger partial charge in [0, 0.05) is 11.3 Å². The Bertz CT molecular complexity index is 760. The number of anilines is 1. The Balaban J connectivity index is 1.88. The summed E-state index contributed by atoms with van der Waals surface area (Å²) >= 11 is 5.23. The predicted octanol–water partition coefficient (Wildman–Crippen LogP) is 4.78. The summed E-state index contributed by atoms with van der Waals surface area (Å²) in [7, 11) is 0. The Labute approximate surface area is 166 Å². The summed E-state index contributed by atoms with van der Waals surface area (Å²) in [5.41, 5.74) is 1.26. The number of benzene rings is 2. The van der Waals surface area contributed by atoms with Crippen LogP contribution in [0.15, 0.2) is 48.5 Å². The Morgan fingerprint density at radius 2 is 1.85 bits per heavy atom. The SMILES string of the molecule is CCCCOc1ccc(NC(=S)NC(=O)c2cccc(OC(C)C)c2)cc1. The van der Waals surface area contributed by atoms with E-state index in [0.717, 1.165) is 24.3 Å². The number of carbonyl (C=O) groups excluding carboxylic acids is 1. The smallest absolute Gasteiger partial charge is 0.257 e. The number of hydrogen-bond donors (Lipinski definition) is 2. The van der Waals surface area contributed by atoms with E-state index in [2.05, 4.69) is 17.6 Å². The normalized spacial score (nSPS) is 10.4. The number of unbranched alkanes of at least 4 members (excludes halogenated alkanes) is 1. The highest BCUT2D eigenvalue weighted by molar-refractivity contribution is 7.80. The summed E-state index contributed by atoms with van der Waals surface area (Å²) in [5, 5.41) is 5.90. The molecule has 2 N–H and O–H groups in total. The van der Waals surface area contributed by atoms with Crippen LogP contribution in [0.4, 0.5) is 5.69 Å². The molecular formula is C21H26N2O3S. The number of ether oxygens (including phenoxy) is 2. The molecule has 2 aromatic rings. The van der Waals surface area contributed by atoms with E-state index < -0.39 is 0 Å². The summed E-state index contributed by atoms with van der Waals surface area (Å²) in [4.78, 5) is 12.4. The van der Waals surface area contributed by atoms with Gasteiger partial charge in [0.2, 0.25) is 0 Å². The number of nitrogens with one attached hydrogen (secondary N) is 2. The third kappa shape index (κ3) is 7.27. The molecular weight excluding hydrogens is 360 g/mol. The molecule has 0 radical (unpaired) electrons. The van der Waals surface area contributed by atoms with Crippen LogP contribution in [0.1, 0.15) is 44.0 Å². The van der Waals surface area contributed by atoms with Crippen molar-refractivity contribution in [3.63, 3.8) is 0 Å². The minimum absolute atomic E-state index is 0.0416. The molecule has 144 valence electrons. The maximum atomic E-state index is 12.4. The first kappa shape index (κ1) is 20.7. The molecule has 2 aromatic carbocycles. The molecule has 27 heavy (non-hydrogen) atoms. The van der Waals surface area contributed by atoms with Crippen molar-refractivity contribution in [2.75, 3.05) is 11.9 Å². The molecule has 0 atom stereocenters. The van der Waals surface area contributed by atoms with Gasteiger partial charge in [0.15, 0.2) is 5.11 Å². The van der Waals surface area contributed by atoms with Gasteiger partial charge >= 0.3 is 0 Å². The Morgan fingerprint density at radius 1 is 1.11 bits per heavy atom. The third-order valence-corrected chi connectivity index (χ3v) is 3.78. The number of thiocarbonyl (C=S) groups is 1. The standard InChI is InChI=1S/C21H26N2O3S/c1-4-5-13-25-18-11-9-17(10-12-18)22-21(27)23-20(24)16-7-6-8-19(14-16)26-15(2)3/h6-12,14-15H,4-5,13H2,1-3H3,(H2,22,23,24,27). The van der Waals surface area contributed by atoms with Crippen LogP contribution in [0, 0.1) is 0 Å². The fourth-order valence-corrected chi connectivity index (χ4v) is 2.50. The predicted molar refractivity (Wildman–Crippen MR) is 113 cm³/mol. The first-order chi connectivity index (χ1) is 13.0. The lowest BCUT2D eigenvalue weighted by molar-refractivity contribution is 0.0977. The summed E-state index contributed by atoms with van der Waals surface area (Å²) < 4.78 is 11.2. The Hall–Kier alpha value is -2.60. The molecule has 6 heteroatoms.